The Morgan fingerprint density at radius 3 is 2.87 bits per heavy atom. The van der Waals surface area contributed by atoms with E-state index in [1.165, 1.54) is 6.07 Å². The van der Waals surface area contributed by atoms with Gasteiger partial charge in [0, 0.05) is 37.8 Å². The Hall–Kier alpha value is -3.19. The number of hydrogen-bond acceptors (Lipinski definition) is 5. The lowest BCUT2D eigenvalue weighted by atomic mass is 10.1. The molecule has 1 aromatic carbocycles. The van der Waals surface area contributed by atoms with Crippen LogP contribution >= 0.6 is 0 Å². The number of nitrogens with zero attached hydrogens (tertiary/aromatic N) is 3. The van der Waals surface area contributed by atoms with Crippen LogP contribution in [0.15, 0.2) is 42.1 Å². The van der Waals surface area contributed by atoms with Crippen LogP contribution in [-0.2, 0) is 0 Å². The van der Waals surface area contributed by atoms with Gasteiger partial charge in [0.1, 0.15) is 29.4 Å². The third-order valence-electron chi connectivity index (χ3n) is 5.61. The second-order valence-electron chi connectivity index (χ2n) is 7.88. The predicted molar refractivity (Wildman–Crippen MR) is 115 cm³/mol. The van der Waals surface area contributed by atoms with E-state index < -0.39 is 0 Å². The number of anilines is 1. The number of allylic oxidation sites excluding steroid dienone is 1. The van der Waals surface area contributed by atoms with Gasteiger partial charge in [-0.2, -0.15) is 0 Å². The van der Waals surface area contributed by atoms with E-state index in [1.54, 1.807) is 16.8 Å². The Labute approximate surface area is 174 Å². The molecule has 1 fully saturated rings. The second-order valence-corrected chi connectivity index (χ2v) is 7.88. The molecule has 4 heterocycles. The summed E-state index contributed by atoms with van der Waals surface area (Å²) in [4.78, 5) is 19.8. The van der Waals surface area contributed by atoms with Gasteiger partial charge >= 0.3 is 0 Å². The standard InChI is InChI=1S/C23H23FN4O2/c1-14(2)5-11-30-22-15-12-16(24)19(27-9-6-25-7-10-27)13-17(15)26-21-18-4-3-8-28(18)23(29)20(21)22/h3-5,8,12-13,25H,6-7,9-11H2,1-2H3. The first-order valence-electron chi connectivity index (χ1n) is 10.2. The summed E-state index contributed by atoms with van der Waals surface area (Å²) in [5, 5.41) is 3.80. The van der Waals surface area contributed by atoms with Gasteiger partial charge in [-0.05, 0) is 44.2 Å². The summed E-state index contributed by atoms with van der Waals surface area (Å²) in [5.41, 5.74) is 3.98. The van der Waals surface area contributed by atoms with Crippen molar-refractivity contribution in [3.63, 3.8) is 0 Å². The molecule has 5 rings (SSSR count). The lowest BCUT2D eigenvalue weighted by Crippen LogP contribution is -2.43. The SMILES string of the molecule is CC(C)=CCOc1c2c(nc3cc(N4CCNCC4)c(F)cc13)-c1cccn1C2=O. The lowest BCUT2D eigenvalue weighted by Gasteiger charge is -2.30. The van der Waals surface area contributed by atoms with Crippen LogP contribution < -0.4 is 15.0 Å². The molecule has 0 aliphatic carbocycles. The Morgan fingerprint density at radius 1 is 1.30 bits per heavy atom. The van der Waals surface area contributed by atoms with Crippen molar-refractivity contribution in [2.24, 2.45) is 0 Å². The van der Waals surface area contributed by atoms with Gasteiger partial charge in [0.2, 0.25) is 0 Å². The Balaban J connectivity index is 1.71. The van der Waals surface area contributed by atoms with Gasteiger partial charge in [-0.15, -0.1) is 0 Å². The summed E-state index contributed by atoms with van der Waals surface area (Å²) in [6.07, 6.45) is 3.65. The van der Waals surface area contributed by atoms with Crippen molar-refractivity contribution in [3.8, 4) is 17.1 Å². The van der Waals surface area contributed by atoms with Gasteiger partial charge in [0.25, 0.3) is 5.91 Å². The summed E-state index contributed by atoms with van der Waals surface area (Å²) < 4.78 is 22.7. The van der Waals surface area contributed by atoms with E-state index >= 15 is 4.39 Å². The molecule has 1 saturated heterocycles. The largest absolute Gasteiger partial charge is 0.488 e. The molecule has 1 N–H and O–H groups in total. The van der Waals surface area contributed by atoms with E-state index in [2.05, 4.69) is 5.32 Å². The normalized spacial score (nSPS) is 15.3. The summed E-state index contributed by atoms with van der Waals surface area (Å²) in [6.45, 7) is 7.36. The van der Waals surface area contributed by atoms with Crippen molar-refractivity contribution in [2.45, 2.75) is 13.8 Å². The summed E-state index contributed by atoms with van der Waals surface area (Å²) in [5.74, 6) is -0.131. The predicted octanol–water partition coefficient (Wildman–Crippen LogP) is 3.60. The maximum atomic E-state index is 15.1. The van der Waals surface area contributed by atoms with Gasteiger partial charge in [0.15, 0.2) is 0 Å². The molecule has 2 aliphatic heterocycles. The molecule has 0 radical (unpaired) electrons. The molecule has 0 spiro atoms. The topological polar surface area (TPSA) is 59.4 Å². The second kappa shape index (κ2) is 7.25. The van der Waals surface area contributed by atoms with Crippen LogP contribution in [0.1, 0.15) is 24.2 Å². The van der Waals surface area contributed by atoms with E-state index in [-0.39, 0.29) is 11.7 Å². The molecule has 0 amide bonds. The van der Waals surface area contributed by atoms with Gasteiger partial charge in [-0.1, -0.05) is 5.57 Å². The number of carbonyl (C=O) groups excluding carboxylic acids is 1. The number of benzene rings is 1. The van der Waals surface area contributed by atoms with Gasteiger partial charge in [-0.3, -0.25) is 9.36 Å². The maximum absolute atomic E-state index is 15.1. The number of carbonyl (C=O) groups is 1. The molecule has 0 saturated carbocycles. The fourth-order valence-electron chi connectivity index (χ4n) is 4.09. The maximum Gasteiger partial charge on any atom is 0.268 e. The fraction of sp³-hybridized carbons (Fsp3) is 0.304. The van der Waals surface area contributed by atoms with Crippen molar-refractivity contribution in [1.29, 1.82) is 0 Å². The quantitative estimate of drug-likeness (QED) is 0.525. The number of pyridine rings is 1. The van der Waals surface area contributed by atoms with Gasteiger partial charge in [0.05, 0.1) is 16.9 Å². The molecule has 0 unspecified atom stereocenters. The van der Waals surface area contributed by atoms with E-state index in [9.17, 15) is 4.79 Å². The number of halogens is 1. The van der Waals surface area contributed by atoms with Crippen molar-refractivity contribution >= 4 is 22.5 Å². The van der Waals surface area contributed by atoms with Crippen LogP contribution in [0.4, 0.5) is 10.1 Å². The van der Waals surface area contributed by atoms with Crippen LogP contribution in [0.5, 0.6) is 5.75 Å². The number of ether oxygens (including phenoxy) is 1. The molecule has 0 atom stereocenters. The summed E-state index contributed by atoms with van der Waals surface area (Å²) >= 11 is 0. The monoisotopic (exact) mass is 406 g/mol. The number of hydrogen-bond donors (Lipinski definition) is 1. The average Bonchev–Trinajstić information content (AvgIpc) is 3.31. The number of piperazine rings is 1. The Morgan fingerprint density at radius 2 is 2.10 bits per heavy atom. The van der Waals surface area contributed by atoms with Gasteiger partial charge in [-0.25, -0.2) is 9.37 Å². The molecule has 2 aliphatic rings. The molecule has 6 nitrogen and oxygen atoms in total. The van der Waals surface area contributed by atoms with Crippen LogP contribution in [0, 0.1) is 5.82 Å². The summed E-state index contributed by atoms with van der Waals surface area (Å²) in [6, 6.07) is 6.92. The average molecular weight is 406 g/mol. The van der Waals surface area contributed by atoms with E-state index in [1.807, 2.05) is 37.0 Å². The molecule has 0 bridgehead atoms. The minimum atomic E-state index is -0.330. The zero-order valence-electron chi connectivity index (χ0n) is 17.0. The van der Waals surface area contributed by atoms with Crippen LogP contribution in [0.3, 0.4) is 0 Å². The van der Waals surface area contributed by atoms with Crippen molar-refractivity contribution in [1.82, 2.24) is 14.9 Å². The highest BCUT2D eigenvalue weighted by Gasteiger charge is 2.33. The lowest BCUT2D eigenvalue weighted by molar-refractivity contribution is 0.0966. The fourth-order valence-corrected chi connectivity index (χ4v) is 4.09. The molecule has 7 heteroatoms. The third-order valence-corrected chi connectivity index (χ3v) is 5.61. The molecule has 154 valence electrons. The molecular weight excluding hydrogens is 383 g/mol. The van der Waals surface area contributed by atoms with Crippen molar-refractivity contribution < 1.29 is 13.9 Å². The minimum Gasteiger partial charge on any atom is -0.488 e. The first kappa shape index (κ1) is 18.8. The van der Waals surface area contributed by atoms with E-state index in [0.29, 0.717) is 40.2 Å². The third kappa shape index (κ3) is 2.97. The molecule has 3 aromatic rings. The zero-order chi connectivity index (χ0) is 20.8. The number of aromatic nitrogens is 2. The highest BCUT2D eigenvalue weighted by Crippen LogP contribution is 2.42. The van der Waals surface area contributed by atoms with Crippen LogP contribution in [0.2, 0.25) is 0 Å². The van der Waals surface area contributed by atoms with Crippen LogP contribution in [-0.4, -0.2) is 48.2 Å². The number of fused-ring (bicyclic) bond motifs is 4. The molecule has 2 aromatic heterocycles. The zero-order valence-corrected chi connectivity index (χ0v) is 17.0. The highest BCUT2D eigenvalue weighted by molar-refractivity contribution is 6.14. The number of rotatable bonds is 4. The highest BCUT2D eigenvalue weighted by atomic mass is 19.1. The minimum absolute atomic E-state index is 0.196. The van der Waals surface area contributed by atoms with Gasteiger partial charge < -0.3 is 15.0 Å². The van der Waals surface area contributed by atoms with Crippen molar-refractivity contribution in [2.75, 3.05) is 37.7 Å². The van der Waals surface area contributed by atoms with E-state index in [4.69, 9.17) is 9.72 Å². The Bertz CT molecular complexity index is 1190. The first-order chi connectivity index (χ1) is 14.5. The molecular formula is C23H23FN4O2. The van der Waals surface area contributed by atoms with Crippen LogP contribution in [0.25, 0.3) is 22.3 Å². The first-order valence-corrected chi connectivity index (χ1v) is 10.2. The van der Waals surface area contributed by atoms with E-state index in [0.717, 1.165) is 37.4 Å². The number of nitrogens with one attached hydrogen (secondary N) is 1. The molecule has 30 heavy (non-hydrogen) atoms. The Kier molecular flexibility index (Phi) is 4.55. The van der Waals surface area contributed by atoms with Crippen molar-refractivity contribution in [3.05, 3.63) is 53.5 Å². The summed E-state index contributed by atoms with van der Waals surface area (Å²) in [7, 11) is 0. The smallest absolute Gasteiger partial charge is 0.268 e.